The van der Waals surface area contributed by atoms with Gasteiger partial charge in [0.05, 0.1) is 0 Å². The molecule has 0 N–H and O–H groups in total. The molecular weight excluding hydrogens is 271 g/mol. The van der Waals surface area contributed by atoms with Crippen LogP contribution in [0.25, 0.3) is 0 Å². The molecule has 1 aliphatic carbocycles. The van der Waals surface area contributed by atoms with Gasteiger partial charge in [0.1, 0.15) is 7.28 Å². The van der Waals surface area contributed by atoms with Gasteiger partial charge in [-0.1, -0.05) is 42.0 Å². The number of halogens is 4. The van der Waals surface area contributed by atoms with E-state index in [4.69, 9.17) is 0 Å². The second-order valence-corrected chi connectivity index (χ2v) is 4.46. The summed E-state index contributed by atoms with van der Waals surface area (Å²) >= 11 is 3.74. The van der Waals surface area contributed by atoms with E-state index in [-0.39, 0.29) is 65.5 Å². The van der Waals surface area contributed by atoms with E-state index in [1.165, 1.54) is 32.1 Å². The maximum absolute atomic E-state index is 3.74. The molecule has 0 aliphatic heterocycles. The monoisotopic (exact) mass is 287 g/mol. The van der Waals surface area contributed by atoms with Gasteiger partial charge in [-0.05, 0) is 17.1 Å². The summed E-state index contributed by atoms with van der Waals surface area (Å²) in [6.07, 6.45) is 6.90. The van der Waals surface area contributed by atoms with Crippen molar-refractivity contribution in [2.75, 3.05) is 0 Å². The number of hydrogen-bond acceptors (Lipinski definition) is 0. The summed E-state index contributed by atoms with van der Waals surface area (Å²) in [4.78, 5) is 0. The molecule has 0 spiro atoms. The molecule has 1 rings (SSSR count). The van der Waals surface area contributed by atoms with Crippen molar-refractivity contribution < 1.29 is 14.1 Å². The predicted octanol–water partition coefficient (Wildman–Crippen LogP) is 2.60. The van der Waals surface area contributed by atoms with E-state index < -0.39 is 0 Å². The zero-order chi connectivity index (χ0) is 6.74. The van der Waals surface area contributed by atoms with Crippen LogP contribution in [0.5, 0.6) is 0 Å². The number of alkyl halides is 1. The van der Waals surface area contributed by atoms with E-state index in [9.17, 15) is 0 Å². The molecule has 0 bridgehead atoms. The zero-order valence-corrected chi connectivity index (χ0v) is 8.80. The van der Waals surface area contributed by atoms with Crippen LogP contribution in [0.4, 0.5) is 14.1 Å². The molecule has 1 aliphatic rings. The third-order valence-electron chi connectivity index (χ3n) is 2.20. The summed E-state index contributed by atoms with van der Waals surface area (Å²) in [5.74, 6) is 0. The van der Waals surface area contributed by atoms with Crippen LogP contribution in [-0.2, 0) is 0 Å². The van der Waals surface area contributed by atoms with Crippen LogP contribution in [0, 0.1) is 0 Å². The Labute approximate surface area is 130 Å². The van der Waals surface area contributed by atoms with Gasteiger partial charge in [-0.2, -0.15) is 0 Å². The second-order valence-electron chi connectivity index (χ2n) is 2.88. The van der Waals surface area contributed by atoms with Gasteiger partial charge < -0.3 is 0 Å². The Morgan fingerprint density at radius 3 is 1.62 bits per heavy atom. The van der Waals surface area contributed by atoms with Gasteiger partial charge >= 0.3 is 51.4 Å². The third-order valence-corrected chi connectivity index (χ3v) is 3.45. The molecule has 1 saturated carbocycles. The van der Waals surface area contributed by atoms with Gasteiger partial charge in [-0.15, -0.1) is 0 Å². The first-order valence-electron chi connectivity index (χ1n) is 3.76. The number of hydrogen-bond donors (Lipinski definition) is 0. The molecule has 0 amide bonds. The molecular formula is C7H17BBrF3K. The SMILES string of the molecule is C[B]C1(Br)CCCCC1.F.F.F.[KH]. The molecule has 0 saturated heterocycles. The van der Waals surface area contributed by atoms with Crippen LogP contribution in [0.15, 0.2) is 0 Å². The quantitative estimate of drug-likeness (QED) is 0.514. The first-order valence-corrected chi connectivity index (χ1v) is 4.56. The van der Waals surface area contributed by atoms with E-state index >= 15 is 0 Å². The van der Waals surface area contributed by atoms with Gasteiger partial charge in [0.15, 0.2) is 0 Å². The molecule has 0 heterocycles. The van der Waals surface area contributed by atoms with Crippen molar-refractivity contribution in [3.05, 3.63) is 0 Å². The summed E-state index contributed by atoms with van der Waals surface area (Å²) < 4.78 is 0.408. The minimum absolute atomic E-state index is 0. The van der Waals surface area contributed by atoms with E-state index in [1.807, 2.05) is 0 Å². The normalized spacial score (nSPS) is 17.7. The van der Waals surface area contributed by atoms with Gasteiger partial charge in [0, 0.05) is 0 Å². The van der Waals surface area contributed by atoms with Crippen LogP contribution in [-0.4, -0.2) is 62.9 Å². The molecule has 0 aromatic rings. The van der Waals surface area contributed by atoms with Crippen molar-refractivity contribution >= 4 is 74.6 Å². The molecule has 1 fully saturated rings. The molecule has 6 heteroatoms. The summed E-state index contributed by atoms with van der Waals surface area (Å²) in [6, 6.07) is 0. The minimum atomic E-state index is 0. The first-order chi connectivity index (χ1) is 4.27. The van der Waals surface area contributed by atoms with Gasteiger partial charge in [-0.3, -0.25) is 14.1 Å². The summed E-state index contributed by atoms with van der Waals surface area (Å²) in [6.45, 7) is 2.15. The van der Waals surface area contributed by atoms with E-state index in [0.29, 0.717) is 4.22 Å². The Hall–Kier alpha value is 1.97. The van der Waals surface area contributed by atoms with E-state index in [0.717, 1.165) is 0 Å². The van der Waals surface area contributed by atoms with Crippen LogP contribution < -0.4 is 0 Å². The maximum atomic E-state index is 3.74. The Balaban J connectivity index is -0.000000101. The Kier molecular flexibility index (Phi) is 22.5. The molecule has 0 aromatic heterocycles. The zero-order valence-electron chi connectivity index (χ0n) is 7.22. The second kappa shape index (κ2) is 12.0. The average Bonchev–Trinajstić information content (AvgIpc) is 1.90. The van der Waals surface area contributed by atoms with E-state index in [2.05, 4.69) is 30.0 Å². The van der Waals surface area contributed by atoms with Crippen LogP contribution in [0.2, 0.25) is 6.82 Å². The molecule has 1 radical (unpaired) electrons. The van der Waals surface area contributed by atoms with Crippen molar-refractivity contribution in [1.29, 1.82) is 0 Å². The average molecular weight is 288 g/mol. The standard InChI is InChI=1S/C7H13BBr.3FH.K.H/c1-8-7(9)5-3-2-4-6-7;;;;;/h2-6H2,1H3;3*1H;;. The van der Waals surface area contributed by atoms with Crippen LogP contribution in [0.3, 0.4) is 0 Å². The summed E-state index contributed by atoms with van der Waals surface area (Å²) in [7, 11) is 2.30. The third kappa shape index (κ3) is 8.93. The van der Waals surface area contributed by atoms with Gasteiger partial charge in [0.25, 0.3) is 0 Å². The molecule has 0 unspecified atom stereocenters. The fourth-order valence-electron chi connectivity index (χ4n) is 1.43. The van der Waals surface area contributed by atoms with Gasteiger partial charge in [-0.25, -0.2) is 0 Å². The summed E-state index contributed by atoms with van der Waals surface area (Å²) in [5, 5.41) is 0. The van der Waals surface area contributed by atoms with E-state index in [1.54, 1.807) is 0 Å². The summed E-state index contributed by atoms with van der Waals surface area (Å²) in [5.41, 5.74) is 0. The van der Waals surface area contributed by atoms with Crippen molar-refractivity contribution in [1.82, 2.24) is 0 Å². The Morgan fingerprint density at radius 1 is 1.00 bits per heavy atom. The van der Waals surface area contributed by atoms with Crippen LogP contribution in [0.1, 0.15) is 32.1 Å². The molecule has 0 nitrogen and oxygen atoms in total. The fourth-order valence-corrected chi connectivity index (χ4v) is 1.99. The van der Waals surface area contributed by atoms with Crippen LogP contribution >= 0.6 is 15.9 Å². The topological polar surface area (TPSA) is 0 Å². The van der Waals surface area contributed by atoms with Crippen molar-refractivity contribution in [2.24, 2.45) is 0 Å². The molecule has 13 heavy (non-hydrogen) atoms. The number of rotatable bonds is 1. The predicted molar refractivity (Wildman–Crippen MR) is 61.0 cm³/mol. The Bertz CT molecular complexity index is 102. The van der Waals surface area contributed by atoms with Gasteiger partial charge in [0.2, 0.25) is 0 Å². The van der Waals surface area contributed by atoms with Crippen molar-refractivity contribution in [3.63, 3.8) is 0 Å². The molecule has 0 aromatic carbocycles. The Morgan fingerprint density at radius 2 is 1.38 bits per heavy atom. The fraction of sp³-hybridized carbons (Fsp3) is 1.00. The molecule has 0 atom stereocenters. The molecule has 77 valence electrons. The first kappa shape index (κ1) is 24.3. The van der Waals surface area contributed by atoms with Crippen molar-refractivity contribution in [3.8, 4) is 0 Å². The van der Waals surface area contributed by atoms with Crippen molar-refractivity contribution in [2.45, 2.75) is 43.2 Å².